The van der Waals surface area contributed by atoms with Gasteiger partial charge in [-0.1, -0.05) is 22.9 Å². The molecule has 1 aliphatic heterocycles. The summed E-state index contributed by atoms with van der Waals surface area (Å²) in [4.78, 5) is 21.1. The standard InChI is InChI=1S/C22H26N6O4S/c1-14-12-15(2)19(16(3)13-14)33(30,31)28-10-6-18(7-11-28)21(29)25-26-22-24-20(27-32-22)17-4-8-23-9-5-17/h4-5,8-9,12-13,18H,6-7,10-11H2,1-3H3,(H,25,29)(H,24,26,27). The normalized spacial score (nSPS) is 15.4. The van der Waals surface area contributed by atoms with Gasteiger partial charge in [-0.05, 0) is 56.9 Å². The van der Waals surface area contributed by atoms with Crippen molar-refractivity contribution in [1.29, 1.82) is 0 Å². The van der Waals surface area contributed by atoms with Crippen molar-refractivity contribution in [2.75, 3.05) is 18.5 Å². The monoisotopic (exact) mass is 470 g/mol. The fraction of sp³-hybridized carbons (Fsp3) is 0.364. The molecule has 0 aliphatic carbocycles. The van der Waals surface area contributed by atoms with E-state index in [2.05, 4.69) is 26.0 Å². The highest BCUT2D eigenvalue weighted by molar-refractivity contribution is 7.89. The van der Waals surface area contributed by atoms with Crippen LogP contribution in [0.1, 0.15) is 29.5 Å². The van der Waals surface area contributed by atoms with Gasteiger partial charge in [-0.3, -0.25) is 15.2 Å². The van der Waals surface area contributed by atoms with Gasteiger partial charge in [-0.25, -0.2) is 13.8 Å². The summed E-state index contributed by atoms with van der Waals surface area (Å²) < 4.78 is 33.0. The first-order chi connectivity index (χ1) is 15.8. The van der Waals surface area contributed by atoms with E-state index in [1.807, 2.05) is 32.9 Å². The lowest BCUT2D eigenvalue weighted by Crippen LogP contribution is -2.44. The number of amides is 1. The van der Waals surface area contributed by atoms with Crippen LogP contribution in [0, 0.1) is 26.7 Å². The number of aromatic nitrogens is 3. The van der Waals surface area contributed by atoms with Crippen molar-refractivity contribution in [3.8, 4) is 11.4 Å². The number of hydrazine groups is 1. The van der Waals surface area contributed by atoms with Crippen molar-refractivity contribution < 1.29 is 17.7 Å². The number of pyridine rings is 1. The van der Waals surface area contributed by atoms with Crippen molar-refractivity contribution in [2.24, 2.45) is 5.92 Å². The Bertz CT molecular complexity index is 1230. The predicted molar refractivity (Wildman–Crippen MR) is 121 cm³/mol. The molecule has 4 rings (SSSR count). The van der Waals surface area contributed by atoms with Crippen molar-refractivity contribution in [1.82, 2.24) is 24.9 Å². The van der Waals surface area contributed by atoms with Crippen LogP contribution in [-0.2, 0) is 14.8 Å². The second kappa shape index (κ2) is 9.28. The van der Waals surface area contributed by atoms with E-state index in [0.29, 0.717) is 23.6 Å². The van der Waals surface area contributed by atoms with Crippen LogP contribution >= 0.6 is 0 Å². The summed E-state index contributed by atoms with van der Waals surface area (Å²) in [6.45, 7) is 6.13. The molecule has 3 aromatic rings. The van der Waals surface area contributed by atoms with Crippen LogP contribution in [0.3, 0.4) is 0 Å². The van der Waals surface area contributed by atoms with E-state index in [-0.39, 0.29) is 30.9 Å². The zero-order valence-corrected chi connectivity index (χ0v) is 19.5. The summed E-state index contributed by atoms with van der Waals surface area (Å²) in [7, 11) is -3.62. The Hall–Kier alpha value is -3.31. The van der Waals surface area contributed by atoms with Gasteiger partial charge in [-0.15, -0.1) is 0 Å². The molecule has 1 aliphatic rings. The number of nitrogens with one attached hydrogen (secondary N) is 2. The Balaban J connectivity index is 1.34. The van der Waals surface area contributed by atoms with Gasteiger partial charge in [0.2, 0.25) is 21.8 Å². The molecule has 0 radical (unpaired) electrons. The van der Waals surface area contributed by atoms with Crippen LogP contribution in [0.4, 0.5) is 6.01 Å². The van der Waals surface area contributed by atoms with Gasteiger partial charge >= 0.3 is 6.01 Å². The molecule has 0 spiro atoms. The first kappa shape index (κ1) is 22.9. The number of benzene rings is 1. The number of anilines is 1. The smallest absolute Gasteiger partial charge is 0.313 e. The van der Waals surface area contributed by atoms with E-state index in [4.69, 9.17) is 4.52 Å². The molecule has 1 saturated heterocycles. The minimum atomic E-state index is -3.62. The van der Waals surface area contributed by atoms with Crippen LogP contribution in [0.5, 0.6) is 0 Å². The summed E-state index contributed by atoms with van der Waals surface area (Å²) in [5.41, 5.74) is 8.45. The molecule has 2 N–H and O–H groups in total. The van der Waals surface area contributed by atoms with E-state index in [9.17, 15) is 13.2 Å². The van der Waals surface area contributed by atoms with Gasteiger partial charge < -0.3 is 4.52 Å². The number of nitrogens with zero attached hydrogens (tertiary/aromatic N) is 4. The van der Waals surface area contributed by atoms with Gasteiger partial charge in [0.1, 0.15) is 0 Å². The molecule has 1 aromatic carbocycles. The second-order valence-corrected chi connectivity index (χ2v) is 10.1. The molecule has 2 aromatic heterocycles. The lowest BCUT2D eigenvalue weighted by Gasteiger charge is -2.31. The highest BCUT2D eigenvalue weighted by Gasteiger charge is 2.33. The number of aryl methyl sites for hydroxylation is 3. The van der Waals surface area contributed by atoms with Crippen LogP contribution < -0.4 is 10.9 Å². The summed E-state index contributed by atoms with van der Waals surface area (Å²) in [6.07, 6.45) is 4.08. The Morgan fingerprint density at radius 2 is 1.73 bits per heavy atom. The van der Waals surface area contributed by atoms with Gasteiger partial charge in [0.05, 0.1) is 4.90 Å². The molecule has 0 bridgehead atoms. The number of sulfonamides is 1. The van der Waals surface area contributed by atoms with Gasteiger partial charge in [0.15, 0.2) is 0 Å². The minimum Gasteiger partial charge on any atom is -0.313 e. The Kier molecular flexibility index (Phi) is 6.43. The maximum absolute atomic E-state index is 13.2. The molecule has 0 unspecified atom stereocenters. The number of hydrogen-bond donors (Lipinski definition) is 2. The molecule has 11 heteroatoms. The number of hydrogen-bond acceptors (Lipinski definition) is 8. The first-order valence-corrected chi connectivity index (χ1v) is 12.1. The quantitative estimate of drug-likeness (QED) is 0.526. The largest absolute Gasteiger partial charge is 0.340 e. The van der Waals surface area contributed by atoms with E-state index in [1.165, 1.54) is 4.31 Å². The van der Waals surface area contributed by atoms with Gasteiger partial charge in [0.25, 0.3) is 0 Å². The molecule has 10 nitrogen and oxygen atoms in total. The van der Waals surface area contributed by atoms with E-state index in [0.717, 1.165) is 22.3 Å². The van der Waals surface area contributed by atoms with Crippen molar-refractivity contribution in [3.63, 3.8) is 0 Å². The van der Waals surface area contributed by atoms with E-state index in [1.54, 1.807) is 24.5 Å². The minimum absolute atomic E-state index is 0.0560. The zero-order chi connectivity index (χ0) is 23.6. The van der Waals surface area contributed by atoms with Crippen molar-refractivity contribution in [2.45, 2.75) is 38.5 Å². The van der Waals surface area contributed by atoms with Crippen LogP contribution in [0.2, 0.25) is 0 Å². The molecule has 3 heterocycles. The summed E-state index contributed by atoms with van der Waals surface area (Å²) in [5.74, 6) is -0.209. The molecular weight excluding hydrogens is 444 g/mol. The van der Waals surface area contributed by atoms with E-state index >= 15 is 0 Å². The third kappa shape index (κ3) is 4.88. The fourth-order valence-corrected chi connectivity index (χ4v) is 6.05. The summed E-state index contributed by atoms with van der Waals surface area (Å²) >= 11 is 0. The maximum atomic E-state index is 13.2. The Morgan fingerprint density at radius 1 is 1.09 bits per heavy atom. The number of carbonyl (C=O) groups excluding carboxylic acids is 1. The van der Waals surface area contributed by atoms with Crippen LogP contribution in [0.15, 0.2) is 46.1 Å². The Labute approximate surface area is 192 Å². The Morgan fingerprint density at radius 3 is 2.36 bits per heavy atom. The molecular formula is C22H26N6O4S. The zero-order valence-electron chi connectivity index (χ0n) is 18.7. The molecule has 1 fully saturated rings. The lowest BCUT2D eigenvalue weighted by molar-refractivity contribution is -0.125. The average molecular weight is 471 g/mol. The van der Waals surface area contributed by atoms with E-state index < -0.39 is 10.0 Å². The molecule has 1 amide bonds. The maximum Gasteiger partial charge on any atom is 0.340 e. The molecule has 33 heavy (non-hydrogen) atoms. The van der Waals surface area contributed by atoms with Crippen LogP contribution in [-0.4, -0.2) is 46.8 Å². The molecule has 174 valence electrons. The molecule has 0 saturated carbocycles. The number of carbonyl (C=O) groups is 1. The van der Waals surface area contributed by atoms with Crippen molar-refractivity contribution >= 4 is 21.9 Å². The second-order valence-electron chi connectivity index (χ2n) is 8.18. The number of rotatable bonds is 6. The SMILES string of the molecule is Cc1cc(C)c(S(=O)(=O)N2CCC(C(=O)NNc3nc(-c4ccncc4)no3)CC2)c(C)c1. The summed E-state index contributed by atoms with van der Waals surface area (Å²) in [6, 6.07) is 7.30. The third-order valence-corrected chi connectivity index (χ3v) is 7.89. The van der Waals surface area contributed by atoms with Crippen LogP contribution in [0.25, 0.3) is 11.4 Å². The lowest BCUT2D eigenvalue weighted by atomic mass is 9.98. The van der Waals surface area contributed by atoms with Crippen molar-refractivity contribution in [3.05, 3.63) is 53.3 Å². The topological polar surface area (TPSA) is 130 Å². The number of piperidine rings is 1. The molecule has 0 atom stereocenters. The predicted octanol–water partition coefficient (Wildman–Crippen LogP) is 2.60. The summed E-state index contributed by atoms with van der Waals surface area (Å²) in [5, 5.41) is 3.86. The van der Waals surface area contributed by atoms with Gasteiger partial charge in [-0.2, -0.15) is 9.29 Å². The fourth-order valence-electron chi connectivity index (χ4n) is 4.17. The highest BCUT2D eigenvalue weighted by atomic mass is 32.2. The van der Waals surface area contributed by atoms with Gasteiger partial charge in [0, 0.05) is 37.0 Å². The highest BCUT2D eigenvalue weighted by Crippen LogP contribution is 2.29. The first-order valence-electron chi connectivity index (χ1n) is 10.6. The third-order valence-electron chi connectivity index (χ3n) is 5.68. The average Bonchev–Trinajstić information content (AvgIpc) is 3.26.